The zero-order valence-electron chi connectivity index (χ0n) is 13.8. The molecule has 1 saturated heterocycles. The summed E-state index contributed by atoms with van der Waals surface area (Å²) in [5.41, 5.74) is -0.315. The van der Waals surface area contributed by atoms with Gasteiger partial charge in [-0.1, -0.05) is 0 Å². The number of carbonyl (C=O) groups excluding carboxylic acids is 3. The summed E-state index contributed by atoms with van der Waals surface area (Å²) < 4.78 is 26.4. The summed E-state index contributed by atoms with van der Waals surface area (Å²) in [5.74, 6) is -2.92. The van der Waals surface area contributed by atoms with Crippen molar-refractivity contribution in [2.45, 2.75) is 0 Å². The topological polar surface area (TPSA) is 81.8 Å². The van der Waals surface area contributed by atoms with Crippen molar-refractivity contribution >= 4 is 17.7 Å². The maximum atomic E-state index is 13.5. The molecule has 2 rings (SSSR count). The van der Waals surface area contributed by atoms with Crippen molar-refractivity contribution in [3.05, 3.63) is 35.4 Å². The molecule has 0 unspecified atom stereocenters. The van der Waals surface area contributed by atoms with Crippen molar-refractivity contribution < 1.29 is 23.2 Å². The van der Waals surface area contributed by atoms with Crippen molar-refractivity contribution in [2.24, 2.45) is 0 Å². The van der Waals surface area contributed by atoms with Gasteiger partial charge >= 0.3 is 0 Å². The largest absolute Gasteiger partial charge is 0.358 e. The predicted octanol–water partition coefficient (Wildman–Crippen LogP) is -0.415. The lowest BCUT2D eigenvalue weighted by Crippen LogP contribution is -2.52. The molecule has 7 nitrogen and oxygen atoms in total. The highest BCUT2D eigenvalue weighted by atomic mass is 19.1. The van der Waals surface area contributed by atoms with E-state index in [0.717, 1.165) is 12.1 Å². The number of benzene rings is 1. The molecule has 1 fully saturated rings. The second kappa shape index (κ2) is 8.52. The van der Waals surface area contributed by atoms with E-state index in [4.69, 9.17) is 0 Å². The van der Waals surface area contributed by atoms with Crippen molar-refractivity contribution in [1.82, 2.24) is 20.4 Å². The summed E-state index contributed by atoms with van der Waals surface area (Å²) >= 11 is 0. The van der Waals surface area contributed by atoms with E-state index in [1.54, 1.807) is 11.9 Å². The first-order valence-electron chi connectivity index (χ1n) is 7.84. The Hall–Kier alpha value is -2.55. The van der Waals surface area contributed by atoms with Crippen LogP contribution in [0.25, 0.3) is 0 Å². The van der Waals surface area contributed by atoms with E-state index < -0.39 is 17.5 Å². The van der Waals surface area contributed by atoms with E-state index in [1.165, 1.54) is 0 Å². The Labute approximate surface area is 144 Å². The van der Waals surface area contributed by atoms with Crippen LogP contribution in [0.3, 0.4) is 0 Å². The highest BCUT2D eigenvalue weighted by molar-refractivity contribution is 5.96. The molecule has 0 radical (unpaired) electrons. The number of hydrogen-bond acceptors (Lipinski definition) is 4. The second-order valence-electron chi connectivity index (χ2n) is 5.64. The molecule has 0 saturated carbocycles. The lowest BCUT2D eigenvalue weighted by atomic mass is 10.2. The first-order chi connectivity index (χ1) is 11.9. The molecular formula is C16H20F2N4O3. The predicted molar refractivity (Wildman–Crippen MR) is 85.8 cm³/mol. The number of rotatable bonds is 5. The Bertz CT molecular complexity index is 661. The van der Waals surface area contributed by atoms with Crippen molar-refractivity contribution in [2.75, 3.05) is 46.3 Å². The Kier molecular flexibility index (Phi) is 6.40. The van der Waals surface area contributed by atoms with E-state index in [1.807, 2.05) is 4.90 Å². The average Bonchev–Trinajstić information content (AvgIpc) is 2.60. The number of piperazine rings is 1. The summed E-state index contributed by atoms with van der Waals surface area (Å²) in [6.45, 7) is 2.00. The lowest BCUT2D eigenvalue weighted by Gasteiger charge is -2.34. The van der Waals surface area contributed by atoms with Crippen LogP contribution in [0.4, 0.5) is 8.78 Å². The monoisotopic (exact) mass is 354 g/mol. The molecule has 1 aromatic rings. The van der Waals surface area contributed by atoms with Crippen LogP contribution >= 0.6 is 0 Å². The SMILES string of the molecule is CNC(=O)CN1CCN(C(=O)CNC(=O)c2ccc(F)cc2F)CC1. The Balaban J connectivity index is 1.79. The van der Waals surface area contributed by atoms with Gasteiger partial charge in [0.25, 0.3) is 5.91 Å². The third-order valence-corrected chi connectivity index (χ3v) is 3.95. The minimum Gasteiger partial charge on any atom is -0.358 e. The summed E-state index contributed by atoms with van der Waals surface area (Å²) in [4.78, 5) is 38.8. The molecule has 1 aromatic carbocycles. The van der Waals surface area contributed by atoms with E-state index in [0.29, 0.717) is 32.2 Å². The molecular weight excluding hydrogens is 334 g/mol. The van der Waals surface area contributed by atoms with Crippen LogP contribution < -0.4 is 10.6 Å². The van der Waals surface area contributed by atoms with Gasteiger partial charge in [0.2, 0.25) is 11.8 Å². The summed E-state index contributed by atoms with van der Waals surface area (Å²) in [6, 6.07) is 2.62. The molecule has 0 aromatic heterocycles. The van der Waals surface area contributed by atoms with E-state index in [2.05, 4.69) is 10.6 Å². The summed E-state index contributed by atoms with van der Waals surface area (Å²) in [7, 11) is 1.56. The fourth-order valence-corrected chi connectivity index (χ4v) is 2.47. The molecule has 0 atom stereocenters. The zero-order chi connectivity index (χ0) is 18.4. The van der Waals surface area contributed by atoms with E-state index >= 15 is 0 Å². The van der Waals surface area contributed by atoms with Crippen LogP contribution in [-0.2, 0) is 9.59 Å². The van der Waals surface area contributed by atoms with Gasteiger partial charge in [-0.2, -0.15) is 0 Å². The number of halogens is 2. The molecule has 9 heteroatoms. The minimum absolute atomic E-state index is 0.0895. The van der Waals surface area contributed by atoms with E-state index in [-0.39, 0.29) is 30.5 Å². The maximum Gasteiger partial charge on any atom is 0.254 e. The van der Waals surface area contributed by atoms with Crippen LogP contribution in [0.15, 0.2) is 18.2 Å². The number of nitrogens with zero attached hydrogens (tertiary/aromatic N) is 2. The van der Waals surface area contributed by atoms with Gasteiger partial charge in [-0.05, 0) is 12.1 Å². The highest BCUT2D eigenvalue weighted by Crippen LogP contribution is 2.09. The molecule has 1 heterocycles. The molecule has 0 spiro atoms. The molecule has 1 aliphatic heterocycles. The Morgan fingerprint density at radius 1 is 1.12 bits per heavy atom. The smallest absolute Gasteiger partial charge is 0.254 e. The number of nitrogens with one attached hydrogen (secondary N) is 2. The minimum atomic E-state index is -0.979. The van der Waals surface area contributed by atoms with Gasteiger partial charge in [0.15, 0.2) is 0 Å². The molecule has 1 aliphatic rings. The number of likely N-dealkylation sites (N-methyl/N-ethyl adjacent to an activating group) is 1. The molecule has 136 valence electrons. The van der Waals surface area contributed by atoms with Gasteiger partial charge in [-0.25, -0.2) is 8.78 Å². The van der Waals surface area contributed by atoms with Gasteiger partial charge in [-0.15, -0.1) is 0 Å². The lowest BCUT2D eigenvalue weighted by molar-refractivity contribution is -0.132. The molecule has 25 heavy (non-hydrogen) atoms. The molecule has 0 aliphatic carbocycles. The standard InChI is InChI=1S/C16H20F2N4O3/c1-19-14(23)10-21-4-6-22(7-5-21)15(24)9-20-16(25)12-3-2-11(17)8-13(12)18/h2-3,8H,4-7,9-10H2,1H3,(H,19,23)(H,20,25). The van der Waals surface area contributed by atoms with E-state index in [9.17, 15) is 23.2 Å². The Morgan fingerprint density at radius 2 is 1.80 bits per heavy atom. The van der Waals surface area contributed by atoms with Gasteiger partial charge in [-0.3, -0.25) is 19.3 Å². The van der Waals surface area contributed by atoms with Crippen LogP contribution in [0.1, 0.15) is 10.4 Å². The molecule has 3 amide bonds. The van der Waals surface area contributed by atoms with Crippen LogP contribution in [0.2, 0.25) is 0 Å². The zero-order valence-corrected chi connectivity index (χ0v) is 13.8. The third-order valence-electron chi connectivity index (χ3n) is 3.95. The quantitative estimate of drug-likeness (QED) is 0.753. The van der Waals surface area contributed by atoms with Crippen LogP contribution in [-0.4, -0.2) is 73.8 Å². The van der Waals surface area contributed by atoms with Crippen molar-refractivity contribution in [3.63, 3.8) is 0 Å². The number of hydrogen-bond donors (Lipinski definition) is 2. The Morgan fingerprint density at radius 3 is 2.40 bits per heavy atom. The van der Waals surface area contributed by atoms with Gasteiger partial charge in [0.05, 0.1) is 18.7 Å². The molecule has 0 bridgehead atoms. The fourth-order valence-electron chi connectivity index (χ4n) is 2.47. The van der Waals surface area contributed by atoms with Crippen LogP contribution in [0, 0.1) is 11.6 Å². The van der Waals surface area contributed by atoms with Crippen molar-refractivity contribution in [3.8, 4) is 0 Å². The summed E-state index contributed by atoms with van der Waals surface area (Å²) in [5, 5.41) is 4.88. The second-order valence-corrected chi connectivity index (χ2v) is 5.64. The fraction of sp³-hybridized carbons (Fsp3) is 0.438. The first-order valence-corrected chi connectivity index (χ1v) is 7.84. The number of amides is 3. The number of carbonyl (C=O) groups is 3. The van der Waals surface area contributed by atoms with Crippen molar-refractivity contribution in [1.29, 1.82) is 0 Å². The van der Waals surface area contributed by atoms with Gasteiger partial charge in [0, 0.05) is 39.3 Å². The first kappa shape index (κ1) is 18.8. The van der Waals surface area contributed by atoms with Crippen LogP contribution in [0.5, 0.6) is 0 Å². The van der Waals surface area contributed by atoms with Gasteiger partial charge in [0.1, 0.15) is 11.6 Å². The third kappa shape index (κ3) is 5.21. The molecule has 2 N–H and O–H groups in total. The maximum absolute atomic E-state index is 13.5. The highest BCUT2D eigenvalue weighted by Gasteiger charge is 2.22. The summed E-state index contributed by atoms with van der Waals surface area (Å²) in [6.07, 6.45) is 0. The van der Waals surface area contributed by atoms with Gasteiger partial charge < -0.3 is 15.5 Å². The normalized spacial score (nSPS) is 14.9. The average molecular weight is 354 g/mol.